The van der Waals surface area contributed by atoms with E-state index in [1.807, 2.05) is 42.6 Å². The quantitative estimate of drug-likeness (QED) is 0.394. The van der Waals surface area contributed by atoms with Crippen molar-refractivity contribution in [3.63, 3.8) is 0 Å². The van der Waals surface area contributed by atoms with Crippen LogP contribution in [0.25, 0.3) is 0 Å². The van der Waals surface area contributed by atoms with Gasteiger partial charge in [0.15, 0.2) is 0 Å². The Morgan fingerprint density at radius 3 is 2.49 bits per heavy atom. The van der Waals surface area contributed by atoms with Gasteiger partial charge in [0.1, 0.15) is 12.4 Å². The van der Waals surface area contributed by atoms with E-state index in [1.165, 1.54) is 33.4 Å². The highest BCUT2D eigenvalue weighted by atomic mass is 35.5. The molecule has 1 aliphatic heterocycles. The molecule has 0 saturated heterocycles. The number of amides is 1. The van der Waals surface area contributed by atoms with Crippen LogP contribution in [0.5, 0.6) is 5.75 Å². The second kappa shape index (κ2) is 10.7. The fraction of sp³-hybridized carbons (Fsp3) is 0.346. The van der Waals surface area contributed by atoms with Gasteiger partial charge in [0, 0.05) is 22.5 Å². The van der Waals surface area contributed by atoms with Crippen LogP contribution in [-0.4, -0.2) is 49.3 Å². The van der Waals surface area contributed by atoms with Crippen molar-refractivity contribution in [2.75, 3.05) is 19.7 Å². The van der Waals surface area contributed by atoms with Crippen LogP contribution in [-0.2, 0) is 21.2 Å². The molecule has 0 N–H and O–H groups in total. The number of hydrogen-bond acceptors (Lipinski definition) is 5. The van der Waals surface area contributed by atoms with Gasteiger partial charge in [-0.25, -0.2) is 8.42 Å². The number of nitrogens with zero attached hydrogens (tertiary/aromatic N) is 2. The molecule has 1 aliphatic rings. The normalized spacial score (nSPS) is 15.9. The number of benzene rings is 2. The molecule has 2 aromatic carbocycles. The molecule has 0 unspecified atom stereocenters. The second-order valence-corrected chi connectivity index (χ2v) is 12.2. The largest absolute Gasteiger partial charge is 0.491 e. The van der Waals surface area contributed by atoms with E-state index >= 15 is 0 Å². The van der Waals surface area contributed by atoms with Crippen LogP contribution in [0.1, 0.15) is 35.9 Å². The molecule has 9 heteroatoms. The maximum absolute atomic E-state index is 13.6. The van der Waals surface area contributed by atoms with Gasteiger partial charge >= 0.3 is 0 Å². The molecule has 0 aliphatic carbocycles. The Bertz CT molecular complexity index is 1270. The van der Waals surface area contributed by atoms with Gasteiger partial charge in [0.2, 0.25) is 15.9 Å². The minimum atomic E-state index is -3.88. The number of fused-ring (bicyclic) bond motifs is 1. The molecule has 6 nitrogen and oxygen atoms in total. The van der Waals surface area contributed by atoms with E-state index in [2.05, 4.69) is 0 Å². The zero-order valence-corrected chi connectivity index (χ0v) is 22.4. The number of hydrogen-bond donors (Lipinski definition) is 0. The van der Waals surface area contributed by atoms with Gasteiger partial charge in [0.25, 0.3) is 0 Å². The topological polar surface area (TPSA) is 66.9 Å². The molecular weight excluding hydrogens is 504 g/mol. The van der Waals surface area contributed by atoms with E-state index in [-0.39, 0.29) is 23.4 Å². The third-order valence-electron chi connectivity index (χ3n) is 6.13. The smallest absolute Gasteiger partial charge is 0.243 e. The number of sulfonamides is 1. The van der Waals surface area contributed by atoms with Gasteiger partial charge in [-0.1, -0.05) is 29.3 Å². The predicted octanol–water partition coefficient (Wildman–Crippen LogP) is 5.31. The number of ether oxygens (including phenoxy) is 1. The molecule has 0 saturated carbocycles. The van der Waals surface area contributed by atoms with E-state index in [0.717, 1.165) is 23.3 Å². The summed E-state index contributed by atoms with van der Waals surface area (Å²) in [7, 11) is -3.88. The zero-order valence-electron chi connectivity index (χ0n) is 20.0. The molecule has 2 heterocycles. The minimum absolute atomic E-state index is 0.112. The summed E-state index contributed by atoms with van der Waals surface area (Å²) >= 11 is 7.62. The van der Waals surface area contributed by atoms with Crippen LogP contribution in [0, 0.1) is 6.92 Å². The molecule has 0 bridgehead atoms. The molecule has 4 rings (SSSR count). The summed E-state index contributed by atoms with van der Waals surface area (Å²) in [6.07, 6.45) is 0.741. The van der Waals surface area contributed by atoms with Crippen LogP contribution in [0.4, 0.5) is 0 Å². The van der Waals surface area contributed by atoms with E-state index in [4.69, 9.17) is 16.3 Å². The fourth-order valence-corrected chi connectivity index (χ4v) is 6.84. The van der Waals surface area contributed by atoms with Gasteiger partial charge in [-0.2, -0.15) is 4.31 Å². The van der Waals surface area contributed by atoms with E-state index < -0.39 is 16.1 Å². The summed E-state index contributed by atoms with van der Waals surface area (Å²) in [5, 5.41) is 2.48. The van der Waals surface area contributed by atoms with Gasteiger partial charge in [0.05, 0.1) is 17.5 Å². The second-order valence-electron chi connectivity index (χ2n) is 8.87. The Labute approximate surface area is 216 Å². The number of carbonyl (C=O) groups excluding carboxylic acids is 1. The van der Waals surface area contributed by atoms with Crippen molar-refractivity contribution in [2.24, 2.45) is 0 Å². The summed E-state index contributed by atoms with van der Waals surface area (Å²) in [5.41, 5.74) is 2.21. The SMILES string of the molecule is Cc1ccc(OC[C@@H]2c3ccsc3CCN2C(=O)CN(C(C)C)S(=O)(=O)c2ccc(Cl)cc2)cc1. The standard InChI is InChI=1S/C26H29ClN2O4S2/c1-18(2)29(35(31,32)22-10-6-20(27)7-11-22)16-26(30)28-14-12-25-23(13-15-34-25)24(28)17-33-21-8-4-19(3)5-9-21/h4-11,13,15,18,24H,12,14,16-17H2,1-3H3/t24-/m1/s1. The lowest BCUT2D eigenvalue weighted by Gasteiger charge is -2.37. The van der Waals surface area contributed by atoms with Crippen molar-refractivity contribution in [2.45, 2.75) is 44.2 Å². The highest BCUT2D eigenvalue weighted by molar-refractivity contribution is 7.89. The van der Waals surface area contributed by atoms with Crippen LogP contribution in [0.2, 0.25) is 5.02 Å². The zero-order chi connectivity index (χ0) is 25.2. The maximum Gasteiger partial charge on any atom is 0.243 e. The van der Waals surface area contributed by atoms with E-state index in [9.17, 15) is 13.2 Å². The molecule has 1 aromatic heterocycles. The highest BCUT2D eigenvalue weighted by Gasteiger charge is 2.36. The van der Waals surface area contributed by atoms with Crippen LogP contribution >= 0.6 is 22.9 Å². The van der Waals surface area contributed by atoms with Crippen molar-refractivity contribution in [1.29, 1.82) is 0 Å². The average molecular weight is 533 g/mol. The first-order valence-electron chi connectivity index (χ1n) is 11.5. The summed E-state index contributed by atoms with van der Waals surface area (Å²) in [4.78, 5) is 16.7. The summed E-state index contributed by atoms with van der Waals surface area (Å²) in [6, 6.07) is 15.2. The molecule has 1 amide bonds. The first-order valence-corrected chi connectivity index (χ1v) is 14.2. The van der Waals surface area contributed by atoms with Gasteiger partial charge < -0.3 is 9.64 Å². The maximum atomic E-state index is 13.6. The molecule has 0 radical (unpaired) electrons. The van der Waals surface area contributed by atoms with Gasteiger partial charge in [-0.05, 0) is 80.6 Å². The summed E-state index contributed by atoms with van der Waals surface area (Å²) in [6.45, 7) is 6.12. The van der Waals surface area contributed by atoms with Gasteiger partial charge in [-0.3, -0.25) is 4.79 Å². The Kier molecular flexibility index (Phi) is 7.86. The third-order valence-corrected chi connectivity index (χ3v) is 9.42. The Morgan fingerprint density at radius 2 is 1.83 bits per heavy atom. The fourth-order valence-electron chi connectivity index (χ4n) is 4.20. The third kappa shape index (κ3) is 5.72. The first kappa shape index (κ1) is 25.7. The predicted molar refractivity (Wildman–Crippen MR) is 140 cm³/mol. The Morgan fingerprint density at radius 1 is 1.14 bits per heavy atom. The lowest BCUT2D eigenvalue weighted by atomic mass is 10.0. The highest BCUT2D eigenvalue weighted by Crippen LogP contribution is 2.34. The number of carbonyl (C=O) groups is 1. The van der Waals surface area contributed by atoms with E-state index in [0.29, 0.717) is 18.2 Å². The molecule has 1 atom stereocenters. The first-order chi connectivity index (χ1) is 16.7. The number of halogens is 1. The minimum Gasteiger partial charge on any atom is -0.491 e. The summed E-state index contributed by atoms with van der Waals surface area (Å²) < 4.78 is 34.1. The van der Waals surface area contributed by atoms with E-state index in [1.54, 1.807) is 30.1 Å². The molecule has 35 heavy (non-hydrogen) atoms. The molecule has 0 fully saturated rings. The molecule has 186 valence electrons. The lowest BCUT2D eigenvalue weighted by Crippen LogP contribution is -2.49. The molecule has 3 aromatic rings. The van der Waals surface area contributed by atoms with Crippen molar-refractivity contribution in [3.8, 4) is 5.75 Å². The molecule has 0 spiro atoms. The van der Waals surface area contributed by atoms with Crippen molar-refractivity contribution >= 4 is 38.9 Å². The number of aryl methyl sites for hydroxylation is 1. The lowest BCUT2D eigenvalue weighted by molar-refractivity contribution is -0.135. The molecular formula is C26H29ClN2O4S2. The van der Waals surface area contributed by atoms with Crippen molar-refractivity contribution in [3.05, 3.63) is 81.0 Å². The monoisotopic (exact) mass is 532 g/mol. The number of rotatable bonds is 8. The van der Waals surface area contributed by atoms with Crippen molar-refractivity contribution < 1.29 is 17.9 Å². The summed E-state index contributed by atoms with van der Waals surface area (Å²) in [5.74, 6) is 0.491. The van der Waals surface area contributed by atoms with Gasteiger partial charge in [-0.15, -0.1) is 11.3 Å². The van der Waals surface area contributed by atoms with Crippen LogP contribution in [0.15, 0.2) is 64.9 Å². The number of thiophene rings is 1. The Hall–Kier alpha value is -2.39. The Balaban J connectivity index is 1.56. The average Bonchev–Trinajstić information content (AvgIpc) is 3.31. The van der Waals surface area contributed by atoms with Crippen LogP contribution in [0.3, 0.4) is 0 Å². The van der Waals surface area contributed by atoms with Crippen LogP contribution < -0.4 is 4.74 Å². The van der Waals surface area contributed by atoms with Crippen molar-refractivity contribution in [1.82, 2.24) is 9.21 Å².